The van der Waals surface area contributed by atoms with Gasteiger partial charge in [-0.3, -0.25) is 0 Å². The summed E-state index contributed by atoms with van der Waals surface area (Å²) in [5, 5.41) is 10.8. The lowest BCUT2D eigenvalue weighted by Gasteiger charge is -2.28. The fourth-order valence-electron chi connectivity index (χ4n) is 3.08. The fraction of sp³-hybridized carbons (Fsp3) is 0.550. The summed E-state index contributed by atoms with van der Waals surface area (Å²) in [7, 11) is 2.69. The summed E-state index contributed by atoms with van der Waals surface area (Å²) in [5.74, 6) is 0.236. The van der Waals surface area contributed by atoms with Gasteiger partial charge in [0.25, 0.3) is 0 Å². The van der Waals surface area contributed by atoms with E-state index in [1.165, 1.54) is 14.1 Å². The number of rotatable bonds is 2. The maximum atomic E-state index is 12.5. The van der Waals surface area contributed by atoms with Gasteiger partial charge in [-0.15, -0.1) is 0 Å². The quantitative estimate of drug-likeness (QED) is 0.864. The first-order valence-corrected chi connectivity index (χ1v) is 8.90. The van der Waals surface area contributed by atoms with Gasteiger partial charge in [0.15, 0.2) is 0 Å². The van der Waals surface area contributed by atoms with E-state index in [1.54, 1.807) is 0 Å². The first-order valence-electron chi connectivity index (χ1n) is 8.90. The van der Waals surface area contributed by atoms with E-state index in [2.05, 4.69) is 0 Å². The minimum Gasteiger partial charge on any atom is -0.507 e. The second-order valence-corrected chi connectivity index (χ2v) is 9.09. The molecule has 1 N–H and O–H groups in total. The highest BCUT2D eigenvalue weighted by atomic mass is 16.3. The highest BCUT2D eigenvalue weighted by Gasteiger charge is 2.27. The van der Waals surface area contributed by atoms with E-state index >= 15 is 0 Å². The summed E-state index contributed by atoms with van der Waals surface area (Å²) in [4.78, 5) is 36.8. The molecule has 148 valence electrons. The molecule has 0 bridgehead atoms. The number of phenols is 1. The van der Waals surface area contributed by atoms with Crippen molar-refractivity contribution in [1.82, 2.24) is 13.7 Å². The SMILES string of the molecule is Cn1c(=O)n(C)c(=O)n(Cc2cc(C(C)(C)C)c(O)c(C(C)(C)C)c2)c1=O. The molecular formula is C20H29N3O4. The molecule has 27 heavy (non-hydrogen) atoms. The zero-order valence-corrected chi connectivity index (χ0v) is 17.4. The van der Waals surface area contributed by atoms with Crippen molar-refractivity contribution >= 4 is 0 Å². The molecular weight excluding hydrogens is 346 g/mol. The van der Waals surface area contributed by atoms with E-state index in [4.69, 9.17) is 0 Å². The van der Waals surface area contributed by atoms with Crippen molar-refractivity contribution < 1.29 is 5.11 Å². The Morgan fingerprint density at radius 2 is 1.15 bits per heavy atom. The molecule has 2 aromatic rings. The van der Waals surface area contributed by atoms with Crippen molar-refractivity contribution in [2.45, 2.75) is 58.9 Å². The highest BCUT2D eigenvalue weighted by Crippen LogP contribution is 2.39. The van der Waals surface area contributed by atoms with Crippen molar-refractivity contribution in [3.8, 4) is 5.75 Å². The van der Waals surface area contributed by atoms with Crippen LogP contribution in [0.3, 0.4) is 0 Å². The van der Waals surface area contributed by atoms with E-state index in [0.29, 0.717) is 0 Å². The van der Waals surface area contributed by atoms with Gasteiger partial charge < -0.3 is 5.11 Å². The van der Waals surface area contributed by atoms with Crippen LogP contribution in [0.5, 0.6) is 5.75 Å². The van der Waals surface area contributed by atoms with Gasteiger partial charge in [-0.2, -0.15) is 0 Å². The van der Waals surface area contributed by atoms with E-state index in [-0.39, 0.29) is 23.1 Å². The van der Waals surface area contributed by atoms with E-state index in [9.17, 15) is 19.5 Å². The standard InChI is InChI=1S/C20H29N3O4/c1-19(2,3)13-9-12(10-14(15(13)24)20(4,5)6)11-23-17(26)21(7)16(25)22(8)18(23)27/h9-10,24H,11H2,1-8H3. The van der Waals surface area contributed by atoms with Crippen LogP contribution in [0.15, 0.2) is 26.5 Å². The molecule has 0 aliphatic carbocycles. The molecule has 0 amide bonds. The Balaban J connectivity index is 2.78. The number of aromatic hydroxyl groups is 1. The summed E-state index contributed by atoms with van der Waals surface area (Å²) in [6.07, 6.45) is 0. The average molecular weight is 375 g/mol. The number of hydrogen-bond acceptors (Lipinski definition) is 4. The summed E-state index contributed by atoms with van der Waals surface area (Å²) >= 11 is 0. The van der Waals surface area contributed by atoms with Crippen molar-refractivity contribution in [1.29, 1.82) is 0 Å². The van der Waals surface area contributed by atoms with Gasteiger partial charge in [0.05, 0.1) is 6.54 Å². The molecule has 0 saturated heterocycles. The molecule has 1 aromatic carbocycles. The van der Waals surface area contributed by atoms with Crippen LogP contribution in [0.4, 0.5) is 0 Å². The Labute approximate surface area is 158 Å². The van der Waals surface area contributed by atoms with Crippen LogP contribution in [0, 0.1) is 0 Å². The summed E-state index contributed by atoms with van der Waals surface area (Å²) in [6, 6.07) is 3.64. The van der Waals surface area contributed by atoms with Crippen LogP contribution in [0.1, 0.15) is 58.2 Å². The third-order valence-corrected chi connectivity index (χ3v) is 4.74. The van der Waals surface area contributed by atoms with Crippen LogP contribution in [-0.4, -0.2) is 18.8 Å². The van der Waals surface area contributed by atoms with Crippen LogP contribution in [0.25, 0.3) is 0 Å². The number of aromatic nitrogens is 3. The maximum Gasteiger partial charge on any atom is 0.336 e. The number of phenolic OH excluding ortho intramolecular Hbond substituents is 1. The molecule has 2 rings (SSSR count). The average Bonchev–Trinajstić information content (AvgIpc) is 2.54. The van der Waals surface area contributed by atoms with Crippen LogP contribution in [0.2, 0.25) is 0 Å². The van der Waals surface area contributed by atoms with Gasteiger partial charge in [0, 0.05) is 14.1 Å². The molecule has 0 spiro atoms. The van der Waals surface area contributed by atoms with Gasteiger partial charge in [0.2, 0.25) is 0 Å². The first-order chi connectivity index (χ1) is 12.2. The number of hydrogen-bond donors (Lipinski definition) is 1. The van der Waals surface area contributed by atoms with Crippen molar-refractivity contribution in [2.75, 3.05) is 0 Å². The molecule has 7 nitrogen and oxygen atoms in total. The first kappa shape index (κ1) is 20.7. The molecule has 0 fully saturated rings. The van der Waals surface area contributed by atoms with E-state index in [1.807, 2.05) is 53.7 Å². The lowest BCUT2D eigenvalue weighted by Crippen LogP contribution is -2.52. The molecule has 1 aromatic heterocycles. The van der Waals surface area contributed by atoms with Gasteiger partial charge >= 0.3 is 17.1 Å². The predicted molar refractivity (Wildman–Crippen MR) is 106 cm³/mol. The lowest BCUT2D eigenvalue weighted by molar-refractivity contribution is 0.422. The Morgan fingerprint density at radius 3 is 1.48 bits per heavy atom. The Morgan fingerprint density at radius 1 is 0.778 bits per heavy atom. The third kappa shape index (κ3) is 3.77. The molecule has 0 atom stereocenters. The molecule has 0 radical (unpaired) electrons. The van der Waals surface area contributed by atoms with Crippen LogP contribution < -0.4 is 17.1 Å². The number of nitrogens with zero attached hydrogens (tertiary/aromatic N) is 3. The largest absolute Gasteiger partial charge is 0.507 e. The van der Waals surface area contributed by atoms with Gasteiger partial charge in [-0.1, -0.05) is 41.5 Å². The molecule has 0 aliphatic rings. The second kappa shape index (κ2) is 6.55. The molecule has 1 heterocycles. The van der Waals surface area contributed by atoms with E-state index < -0.39 is 17.1 Å². The van der Waals surface area contributed by atoms with Crippen molar-refractivity contribution in [3.05, 3.63) is 60.3 Å². The van der Waals surface area contributed by atoms with E-state index in [0.717, 1.165) is 30.4 Å². The molecule has 0 aliphatic heterocycles. The molecule has 7 heteroatoms. The Hall–Kier alpha value is -2.57. The minimum absolute atomic E-state index is 0.0199. The zero-order valence-electron chi connectivity index (χ0n) is 17.4. The summed E-state index contributed by atoms with van der Waals surface area (Å²) in [6.45, 7) is 12.0. The fourth-order valence-corrected chi connectivity index (χ4v) is 3.08. The number of benzene rings is 1. The minimum atomic E-state index is -0.661. The smallest absolute Gasteiger partial charge is 0.336 e. The summed E-state index contributed by atoms with van der Waals surface area (Å²) in [5.41, 5.74) is -0.395. The maximum absolute atomic E-state index is 12.5. The topological polar surface area (TPSA) is 86.2 Å². The lowest BCUT2D eigenvalue weighted by atomic mass is 9.78. The molecule has 0 saturated carbocycles. The predicted octanol–water partition coefficient (Wildman–Crippen LogP) is 1.59. The monoisotopic (exact) mass is 375 g/mol. The zero-order chi connectivity index (χ0) is 20.9. The van der Waals surface area contributed by atoms with Crippen LogP contribution in [-0.2, 0) is 31.5 Å². The van der Waals surface area contributed by atoms with Crippen molar-refractivity contribution in [2.24, 2.45) is 14.1 Å². The normalized spacial score (nSPS) is 12.4. The highest BCUT2D eigenvalue weighted by molar-refractivity contribution is 5.49. The van der Waals surface area contributed by atoms with Gasteiger partial charge in [-0.25, -0.2) is 28.1 Å². The van der Waals surface area contributed by atoms with Gasteiger partial charge in [0.1, 0.15) is 5.75 Å². The third-order valence-electron chi connectivity index (χ3n) is 4.74. The Bertz CT molecular complexity index is 982. The second-order valence-electron chi connectivity index (χ2n) is 9.09. The van der Waals surface area contributed by atoms with Crippen molar-refractivity contribution in [3.63, 3.8) is 0 Å². The summed E-state index contributed by atoms with van der Waals surface area (Å²) < 4.78 is 2.86. The van der Waals surface area contributed by atoms with Gasteiger partial charge in [-0.05, 0) is 39.7 Å². The molecule has 0 unspecified atom stereocenters. The Kier molecular flexibility index (Phi) is 5.03. The van der Waals surface area contributed by atoms with Crippen LogP contribution >= 0.6 is 0 Å².